The Labute approximate surface area is 153 Å². The first-order chi connectivity index (χ1) is 10.9. The van der Waals surface area contributed by atoms with Crippen molar-refractivity contribution in [2.45, 2.75) is 38.9 Å². The third kappa shape index (κ3) is 6.89. The Morgan fingerprint density at radius 1 is 1.39 bits per heavy atom. The van der Waals surface area contributed by atoms with Gasteiger partial charge in [0.05, 0.1) is 6.04 Å². The van der Waals surface area contributed by atoms with Crippen molar-refractivity contribution in [1.29, 1.82) is 0 Å². The third-order valence-corrected chi connectivity index (χ3v) is 4.85. The molecule has 0 saturated heterocycles. The van der Waals surface area contributed by atoms with Crippen LogP contribution in [0.25, 0.3) is 0 Å². The molecule has 0 saturated carbocycles. The summed E-state index contributed by atoms with van der Waals surface area (Å²) in [5.41, 5.74) is 6.69. The third-order valence-electron chi connectivity index (χ3n) is 3.80. The number of thiol groups is 1. The van der Waals surface area contributed by atoms with E-state index in [9.17, 15) is 4.79 Å². The number of hydrogen-bond acceptors (Lipinski definition) is 4. The fourth-order valence-electron chi connectivity index (χ4n) is 2.09. The van der Waals surface area contributed by atoms with E-state index in [2.05, 4.69) is 30.2 Å². The Hall–Kier alpha value is -0.460. The SMILES string of the molecule is CCC(C)[C@H](NCC(N)CS)C(=O)NCc1ccc(Cl)cc1Cl. The van der Waals surface area contributed by atoms with Crippen molar-refractivity contribution < 1.29 is 4.79 Å². The number of carbonyl (C=O) groups is 1. The largest absolute Gasteiger partial charge is 0.351 e. The van der Waals surface area contributed by atoms with Crippen molar-refractivity contribution in [3.8, 4) is 0 Å². The van der Waals surface area contributed by atoms with Crippen molar-refractivity contribution in [3.63, 3.8) is 0 Å². The van der Waals surface area contributed by atoms with Crippen LogP contribution in [-0.2, 0) is 11.3 Å². The number of nitrogens with one attached hydrogen (secondary N) is 2. The molecule has 0 spiro atoms. The number of rotatable bonds is 9. The van der Waals surface area contributed by atoms with Crippen LogP contribution in [0.4, 0.5) is 0 Å². The zero-order chi connectivity index (χ0) is 17.4. The van der Waals surface area contributed by atoms with Crippen LogP contribution in [0.3, 0.4) is 0 Å². The van der Waals surface area contributed by atoms with Crippen LogP contribution in [0.2, 0.25) is 10.0 Å². The van der Waals surface area contributed by atoms with Crippen molar-refractivity contribution in [2.75, 3.05) is 12.3 Å². The van der Waals surface area contributed by atoms with Crippen LogP contribution >= 0.6 is 35.8 Å². The Morgan fingerprint density at radius 3 is 2.65 bits per heavy atom. The first-order valence-electron chi connectivity index (χ1n) is 7.70. The standard InChI is InChI=1S/C16H25Cl2N3OS/c1-3-10(2)15(20-8-13(19)9-23)16(22)21-7-11-4-5-12(17)6-14(11)18/h4-6,10,13,15,20,23H,3,7-9,19H2,1-2H3,(H,21,22)/t10?,13?,15-/m0/s1. The van der Waals surface area contributed by atoms with E-state index in [1.54, 1.807) is 12.1 Å². The maximum Gasteiger partial charge on any atom is 0.237 e. The van der Waals surface area contributed by atoms with Gasteiger partial charge in [-0.1, -0.05) is 49.5 Å². The van der Waals surface area contributed by atoms with E-state index in [1.807, 2.05) is 13.0 Å². The van der Waals surface area contributed by atoms with E-state index in [-0.39, 0.29) is 23.9 Å². The van der Waals surface area contributed by atoms with Gasteiger partial charge in [-0.2, -0.15) is 12.6 Å². The zero-order valence-electron chi connectivity index (χ0n) is 13.5. The highest BCUT2D eigenvalue weighted by Gasteiger charge is 2.23. The van der Waals surface area contributed by atoms with E-state index in [1.165, 1.54) is 0 Å². The van der Waals surface area contributed by atoms with E-state index < -0.39 is 0 Å². The highest BCUT2D eigenvalue weighted by atomic mass is 35.5. The lowest BCUT2D eigenvalue weighted by atomic mass is 9.98. The number of nitrogens with two attached hydrogens (primary N) is 1. The van der Waals surface area contributed by atoms with Crippen molar-refractivity contribution in [2.24, 2.45) is 11.7 Å². The first kappa shape index (κ1) is 20.6. The van der Waals surface area contributed by atoms with Gasteiger partial charge in [0.2, 0.25) is 5.91 Å². The average Bonchev–Trinajstić information content (AvgIpc) is 2.53. The van der Waals surface area contributed by atoms with Crippen molar-refractivity contribution >= 4 is 41.7 Å². The first-order valence-corrected chi connectivity index (χ1v) is 9.09. The molecule has 0 aliphatic carbocycles. The van der Waals surface area contributed by atoms with Crippen LogP contribution < -0.4 is 16.4 Å². The second-order valence-electron chi connectivity index (χ2n) is 5.67. The molecule has 0 fully saturated rings. The molecule has 0 aliphatic heterocycles. The number of halogens is 2. The molecule has 4 nitrogen and oxygen atoms in total. The molecular weight excluding hydrogens is 353 g/mol. The van der Waals surface area contributed by atoms with Gasteiger partial charge in [0, 0.05) is 34.9 Å². The average molecular weight is 378 g/mol. The predicted octanol–water partition coefficient (Wildman–Crippen LogP) is 2.87. The molecule has 1 amide bonds. The maximum absolute atomic E-state index is 12.5. The lowest BCUT2D eigenvalue weighted by Gasteiger charge is -2.25. The minimum absolute atomic E-state index is 0.0586. The molecule has 1 aromatic rings. The summed E-state index contributed by atoms with van der Waals surface area (Å²) in [5.74, 6) is 0.710. The van der Waals surface area contributed by atoms with E-state index >= 15 is 0 Å². The Bertz CT molecular complexity index is 516. The van der Waals surface area contributed by atoms with Crippen LogP contribution in [-0.4, -0.2) is 30.3 Å². The van der Waals surface area contributed by atoms with Gasteiger partial charge >= 0.3 is 0 Å². The summed E-state index contributed by atoms with van der Waals surface area (Å²) in [4.78, 5) is 12.5. The Balaban J connectivity index is 2.65. The van der Waals surface area contributed by atoms with Crippen LogP contribution in [0.5, 0.6) is 0 Å². The fraction of sp³-hybridized carbons (Fsp3) is 0.562. The normalized spacial score (nSPS) is 15.0. The molecule has 0 bridgehead atoms. The lowest BCUT2D eigenvalue weighted by molar-refractivity contribution is -0.124. The number of amides is 1. The van der Waals surface area contributed by atoms with Gasteiger partial charge in [-0.15, -0.1) is 0 Å². The van der Waals surface area contributed by atoms with Gasteiger partial charge in [0.25, 0.3) is 0 Å². The molecule has 4 N–H and O–H groups in total. The molecule has 0 aromatic heterocycles. The number of hydrogen-bond donors (Lipinski definition) is 4. The quantitative estimate of drug-likeness (QED) is 0.500. The summed E-state index contributed by atoms with van der Waals surface area (Å²) in [5, 5.41) is 7.29. The highest BCUT2D eigenvalue weighted by molar-refractivity contribution is 7.80. The Kier molecular flexibility index (Phi) is 9.32. The molecule has 0 heterocycles. The van der Waals surface area contributed by atoms with Gasteiger partial charge in [-0.05, 0) is 23.6 Å². The van der Waals surface area contributed by atoms with Crippen LogP contribution in [0.15, 0.2) is 18.2 Å². The molecule has 1 rings (SSSR count). The number of benzene rings is 1. The Morgan fingerprint density at radius 2 is 2.09 bits per heavy atom. The summed E-state index contributed by atoms with van der Waals surface area (Å²) in [6.45, 7) is 5.01. The summed E-state index contributed by atoms with van der Waals surface area (Å²) >= 11 is 16.2. The highest BCUT2D eigenvalue weighted by Crippen LogP contribution is 2.20. The molecule has 130 valence electrons. The zero-order valence-corrected chi connectivity index (χ0v) is 15.9. The van der Waals surface area contributed by atoms with Gasteiger partial charge in [0.1, 0.15) is 0 Å². The maximum atomic E-state index is 12.5. The summed E-state index contributed by atoms with van der Waals surface area (Å²) in [6.07, 6.45) is 0.892. The molecule has 23 heavy (non-hydrogen) atoms. The molecule has 2 unspecified atom stereocenters. The molecule has 3 atom stereocenters. The summed E-state index contributed by atoms with van der Waals surface area (Å²) in [6, 6.07) is 4.86. The molecule has 0 aliphatic rings. The van der Waals surface area contributed by atoms with E-state index in [0.717, 1.165) is 12.0 Å². The molecule has 0 radical (unpaired) electrons. The van der Waals surface area contributed by atoms with Crippen LogP contribution in [0, 0.1) is 5.92 Å². The van der Waals surface area contributed by atoms with Gasteiger partial charge < -0.3 is 16.4 Å². The van der Waals surface area contributed by atoms with E-state index in [0.29, 0.717) is 28.9 Å². The van der Waals surface area contributed by atoms with Gasteiger partial charge in [0.15, 0.2) is 0 Å². The summed E-state index contributed by atoms with van der Waals surface area (Å²) in [7, 11) is 0. The van der Waals surface area contributed by atoms with E-state index in [4.69, 9.17) is 28.9 Å². The molecular formula is C16H25Cl2N3OS. The smallest absolute Gasteiger partial charge is 0.237 e. The molecule has 7 heteroatoms. The minimum Gasteiger partial charge on any atom is -0.351 e. The van der Waals surface area contributed by atoms with Gasteiger partial charge in [-0.3, -0.25) is 4.79 Å². The lowest BCUT2D eigenvalue weighted by Crippen LogP contribution is -2.51. The second-order valence-corrected chi connectivity index (χ2v) is 6.88. The predicted molar refractivity (Wildman–Crippen MR) is 101 cm³/mol. The van der Waals surface area contributed by atoms with Gasteiger partial charge in [-0.25, -0.2) is 0 Å². The van der Waals surface area contributed by atoms with Crippen molar-refractivity contribution in [1.82, 2.24) is 10.6 Å². The van der Waals surface area contributed by atoms with Crippen molar-refractivity contribution in [3.05, 3.63) is 33.8 Å². The second kappa shape index (κ2) is 10.4. The number of carbonyl (C=O) groups excluding carboxylic acids is 1. The molecule has 1 aromatic carbocycles. The monoisotopic (exact) mass is 377 g/mol. The minimum atomic E-state index is -0.294. The fourth-order valence-corrected chi connectivity index (χ4v) is 2.69. The topological polar surface area (TPSA) is 67.1 Å². The van der Waals surface area contributed by atoms with Crippen LogP contribution in [0.1, 0.15) is 25.8 Å². The summed E-state index contributed by atoms with van der Waals surface area (Å²) < 4.78 is 0.